The fourth-order valence-corrected chi connectivity index (χ4v) is 3.22. The maximum atomic E-state index is 12.5. The molecule has 0 aromatic carbocycles. The van der Waals surface area contributed by atoms with E-state index in [-0.39, 0.29) is 17.6 Å². The molecule has 3 aromatic rings. The van der Waals surface area contributed by atoms with Crippen LogP contribution < -0.4 is 10.9 Å². The molecule has 0 saturated carbocycles. The number of nitrogens with zero attached hydrogens (tertiary/aromatic N) is 5. The Balaban J connectivity index is 1.64. The highest BCUT2D eigenvalue weighted by molar-refractivity contribution is 5.57. The largest absolute Gasteiger partial charge is 0.377 e. The zero-order valence-electron chi connectivity index (χ0n) is 15.2. The van der Waals surface area contributed by atoms with Crippen molar-refractivity contribution in [3.8, 4) is 11.3 Å². The second-order valence-corrected chi connectivity index (χ2v) is 6.57. The van der Waals surface area contributed by atoms with E-state index in [9.17, 15) is 4.79 Å². The summed E-state index contributed by atoms with van der Waals surface area (Å²) in [7, 11) is 0. The van der Waals surface area contributed by atoms with Crippen LogP contribution in [-0.4, -0.2) is 44.0 Å². The van der Waals surface area contributed by atoms with E-state index in [1.165, 1.54) is 10.7 Å². The Bertz CT molecular complexity index is 984. The van der Waals surface area contributed by atoms with E-state index in [1.54, 1.807) is 18.5 Å². The molecule has 2 unspecified atom stereocenters. The molecule has 1 aliphatic rings. The Kier molecular flexibility index (Phi) is 4.64. The SMILES string of the molecule is Cc1cc(C)nc(NC2COCC2n2nc(-c3ccncc3)ccc2=O)n1. The first-order chi connectivity index (χ1) is 13.1. The second-order valence-electron chi connectivity index (χ2n) is 6.57. The van der Waals surface area contributed by atoms with Gasteiger partial charge in [-0.2, -0.15) is 5.10 Å². The minimum Gasteiger partial charge on any atom is -0.377 e. The number of rotatable bonds is 4. The molecule has 138 valence electrons. The minimum absolute atomic E-state index is 0.149. The van der Waals surface area contributed by atoms with E-state index >= 15 is 0 Å². The highest BCUT2D eigenvalue weighted by Crippen LogP contribution is 2.22. The monoisotopic (exact) mass is 364 g/mol. The summed E-state index contributed by atoms with van der Waals surface area (Å²) in [6, 6.07) is 8.50. The fraction of sp³-hybridized carbons (Fsp3) is 0.316. The summed E-state index contributed by atoms with van der Waals surface area (Å²) in [5.41, 5.74) is 3.22. The molecule has 1 fully saturated rings. The van der Waals surface area contributed by atoms with Crippen LogP contribution in [0.2, 0.25) is 0 Å². The zero-order valence-corrected chi connectivity index (χ0v) is 15.2. The Morgan fingerprint density at radius 3 is 2.56 bits per heavy atom. The van der Waals surface area contributed by atoms with Crippen LogP contribution in [0, 0.1) is 13.8 Å². The lowest BCUT2D eigenvalue weighted by molar-refractivity contribution is 0.183. The molecule has 0 radical (unpaired) electrons. The van der Waals surface area contributed by atoms with Crippen molar-refractivity contribution in [2.24, 2.45) is 0 Å². The van der Waals surface area contributed by atoms with Crippen LogP contribution in [-0.2, 0) is 4.74 Å². The van der Waals surface area contributed by atoms with E-state index < -0.39 is 0 Å². The molecule has 0 bridgehead atoms. The van der Waals surface area contributed by atoms with Crippen LogP contribution in [0.1, 0.15) is 17.4 Å². The summed E-state index contributed by atoms with van der Waals surface area (Å²) in [6.45, 7) is 4.70. The number of hydrogen-bond acceptors (Lipinski definition) is 7. The molecule has 8 nitrogen and oxygen atoms in total. The molecule has 4 heterocycles. The van der Waals surface area contributed by atoms with Crippen LogP contribution in [0.5, 0.6) is 0 Å². The molecule has 27 heavy (non-hydrogen) atoms. The van der Waals surface area contributed by atoms with E-state index in [0.29, 0.717) is 24.9 Å². The molecule has 1 saturated heterocycles. The molecule has 0 aliphatic carbocycles. The van der Waals surface area contributed by atoms with Crippen molar-refractivity contribution in [3.63, 3.8) is 0 Å². The normalized spacial score (nSPS) is 19.2. The van der Waals surface area contributed by atoms with Crippen molar-refractivity contribution in [1.82, 2.24) is 24.7 Å². The van der Waals surface area contributed by atoms with Crippen molar-refractivity contribution in [3.05, 3.63) is 64.5 Å². The third-order valence-corrected chi connectivity index (χ3v) is 4.46. The summed E-state index contributed by atoms with van der Waals surface area (Å²) >= 11 is 0. The van der Waals surface area contributed by atoms with Gasteiger partial charge in [0, 0.05) is 35.4 Å². The van der Waals surface area contributed by atoms with Gasteiger partial charge in [0.05, 0.1) is 24.9 Å². The Morgan fingerprint density at radius 2 is 1.81 bits per heavy atom. The predicted molar refractivity (Wildman–Crippen MR) is 101 cm³/mol. The molecule has 1 aliphatic heterocycles. The second kappa shape index (κ2) is 7.24. The van der Waals surface area contributed by atoms with Crippen LogP contribution in [0.25, 0.3) is 11.3 Å². The van der Waals surface area contributed by atoms with E-state index in [4.69, 9.17) is 4.74 Å². The van der Waals surface area contributed by atoms with Crippen LogP contribution >= 0.6 is 0 Å². The first kappa shape index (κ1) is 17.3. The quantitative estimate of drug-likeness (QED) is 0.754. The summed E-state index contributed by atoms with van der Waals surface area (Å²) in [5.74, 6) is 0.534. The molecule has 0 spiro atoms. The Morgan fingerprint density at radius 1 is 1.07 bits per heavy atom. The van der Waals surface area contributed by atoms with Crippen molar-refractivity contribution in [2.45, 2.75) is 25.9 Å². The number of anilines is 1. The van der Waals surface area contributed by atoms with Gasteiger partial charge in [-0.25, -0.2) is 14.6 Å². The van der Waals surface area contributed by atoms with Crippen molar-refractivity contribution >= 4 is 5.95 Å². The molecule has 8 heteroatoms. The molecule has 4 rings (SSSR count). The van der Waals surface area contributed by atoms with Crippen molar-refractivity contribution < 1.29 is 4.74 Å². The Hall–Kier alpha value is -3.13. The fourth-order valence-electron chi connectivity index (χ4n) is 3.22. The standard InChI is InChI=1S/C19H20N6O2/c1-12-9-13(2)22-19(21-12)23-16-10-27-11-17(16)25-18(26)4-3-15(24-25)14-5-7-20-8-6-14/h3-9,16-17H,10-11H2,1-2H3,(H,21,22,23). The maximum absolute atomic E-state index is 12.5. The minimum atomic E-state index is -0.247. The highest BCUT2D eigenvalue weighted by Gasteiger charge is 2.32. The van der Waals surface area contributed by atoms with Gasteiger partial charge in [0.15, 0.2) is 0 Å². The predicted octanol–water partition coefficient (Wildman–Crippen LogP) is 1.76. The molecule has 3 aromatic heterocycles. The van der Waals surface area contributed by atoms with Gasteiger partial charge in [-0.15, -0.1) is 0 Å². The van der Waals surface area contributed by atoms with E-state index in [1.807, 2.05) is 32.0 Å². The van der Waals surface area contributed by atoms with Crippen LogP contribution in [0.3, 0.4) is 0 Å². The maximum Gasteiger partial charge on any atom is 0.267 e. The van der Waals surface area contributed by atoms with Crippen molar-refractivity contribution in [1.29, 1.82) is 0 Å². The molecule has 0 amide bonds. The molecular formula is C19H20N6O2. The average Bonchev–Trinajstić information content (AvgIpc) is 3.10. The Labute approximate surface area is 156 Å². The number of hydrogen-bond donors (Lipinski definition) is 1. The van der Waals surface area contributed by atoms with E-state index in [2.05, 4.69) is 25.4 Å². The smallest absolute Gasteiger partial charge is 0.267 e. The number of nitrogens with one attached hydrogen (secondary N) is 1. The van der Waals surface area contributed by atoms with E-state index in [0.717, 1.165) is 17.0 Å². The third kappa shape index (κ3) is 3.70. The average molecular weight is 364 g/mol. The topological polar surface area (TPSA) is 94.8 Å². The van der Waals surface area contributed by atoms with Crippen molar-refractivity contribution in [2.75, 3.05) is 18.5 Å². The van der Waals surface area contributed by atoms with Gasteiger partial charge in [0.1, 0.15) is 6.04 Å². The van der Waals surface area contributed by atoms with Gasteiger partial charge in [-0.05, 0) is 38.1 Å². The summed E-state index contributed by atoms with van der Waals surface area (Å²) in [6.07, 6.45) is 3.40. The number of pyridine rings is 1. The molecule has 1 N–H and O–H groups in total. The third-order valence-electron chi connectivity index (χ3n) is 4.46. The van der Waals surface area contributed by atoms with Gasteiger partial charge >= 0.3 is 0 Å². The lowest BCUT2D eigenvalue weighted by Crippen LogP contribution is -2.37. The van der Waals surface area contributed by atoms with Gasteiger partial charge in [-0.1, -0.05) is 0 Å². The van der Waals surface area contributed by atoms with Gasteiger partial charge in [0.2, 0.25) is 5.95 Å². The van der Waals surface area contributed by atoms with Gasteiger partial charge in [-0.3, -0.25) is 9.78 Å². The lowest BCUT2D eigenvalue weighted by Gasteiger charge is -2.21. The van der Waals surface area contributed by atoms with Crippen LogP contribution in [0.4, 0.5) is 5.95 Å². The lowest BCUT2D eigenvalue weighted by atomic mass is 10.1. The van der Waals surface area contributed by atoms with Gasteiger partial charge in [0.25, 0.3) is 5.56 Å². The molecular weight excluding hydrogens is 344 g/mol. The summed E-state index contributed by atoms with van der Waals surface area (Å²) in [4.78, 5) is 25.3. The van der Waals surface area contributed by atoms with Gasteiger partial charge < -0.3 is 10.1 Å². The first-order valence-electron chi connectivity index (χ1n) is 8.77. The highest BCUT2D eigenvalue weighted by atomic mass is 16.5. The number of ether oxygens (including phenoxy) is 1. The summed E-state index contributed by atoms with van der Waals surface area (Å²) in [5, 5.41) is 7.87. The number of aromatic nitrogens is 5. The van der Waals surface area contributed by atoms with Crippen LogP contribution in [0.15, 0.2) is 47.5 Å². The summed E-state index contributed by atoms with van der Waals surface area (Å²) < 4.78 is 7.12. The molecule has 2 atom stereocenters. The zero-order chi connectivity index (χ0) is 18.8. The first-order valence-corrected chi connectivity index (χ1v) is 8.77. The number of aryl methyl sites for hydroxylation is 2.